The minimum absolute atomic E-state index is 0.577. The van der Waals surface area contributed by atoms with Crippen LogP contribution in [0.4, 0.5) is 0 Å². The highest BCUT2D eigenvalue weighted by Gasteiger charge is 2.30. The highest BCUT2D eigenvalue weighted by atomic mass is 14.4. The van der Waals surface area contributed by atoms with Gasteiger partial charge in [-0.2, -0.15) is 0 Å². The molecule has 0 spiro atoms. The molecule has 1 aliphatic rings. The molecule has 0 bridgehead atoms. The molecule has 0 radical (unpaired) electrons. The molecule has 0 saturated heterocycles. The topological polar surface area (TPSA) is 0 Å². The highest BCUT2D eigenvalue weighted by Crippen LogP contribution is 2.44. The number of rotatable bonds is 0. The van der Waals surface area contributed by atoms with Gasteiger partial charge in [0.05, 0.1) is 0 Å². The zero-order valence-electron chi connectivity index (χ0n) is 11.4. The summed E-state index contributed by atoms with van der Waals surface area (Å²) in [5.74, 6) is 0. The number of hydrogen-bond donors (Lipinski definition) is 0. The molecule has 1 aliphatic carbocycles. The molecular formula is C10H20. The summed E-state index contributed by atoms with van der Waals surface area (Å²) in [6.07, 6.45) is -2.04. The van der Waals surface area contributed by atoms with E-state index >= 15 is 0 Å². The van der Waals surface area contributed by atoms with Crippen LogP contribution in [0.5, 0.6) is 0 Å². The predicted molar refractivity (Wildman–Crippen MR) is 46.0 cm³/mol. The van der Waals surface area contributed by atoms with Crippen LogP contribution >= 0.6 is 0 Å². The van der Waals surface area contributed by atoms with Gasteiger partial charge < -0.3 is 0 Å². The molecular weight excluding hydrogens is 120 g/mol. The first kappa shape index (κ1) is 4.13. The van der Waals surface area contributed by atoms with Gasteiger partial charge in [-0.25, -0.2) is 0 Å². The van der Waals surface area contributed by atoms with Crippen molar-refractivity contribution in [2.75, 3.05) is 0 Å². The maximum Gasteiger partial charge on any atom is 0.0272 e. The van der Waals surface area contributed by atoms with Crippen molar-refractivity contribution >= 4 is 0 Å². The van der Waals surface area contributed by atoms with Crippen LogP contribution in [0.25, 0.3) is 0 Å². The summed E-state index contributed by atoms with van der Waals surface area (Å²) >= 11 is 0. The van der Waals surface area contributed by atoms with Crippen LogP contribution in [0.1, 0.15) is 58.8 Å². The van der Waals surface area contributed by atoms with Gasteiger partial charge in [-0.3, -0.25) is 0 Å². The lowest BCUT2D eigenvalue weighted by Crippen LogP contribution is -2.26. The Balaban J connectivity index is 3.20. The van der Waals surface area contributed by atoms with Crippen LogP contribution in [0.3, 0.4) is 0 Å². The Labute approximate surface area is 70.6 Å². The van der Waals surface area contributed by atoms with E-state index in [4.69, 9.17) is 5.48 Å². The summed E-state index contributed by atoms with van der Waals surface area (Å²) in [6, 6.07) is 0. The van der Waals surface area contributed by atoms with Gasteiger partial charge in [0.2, 0.25) is 0 Å². The largest absolute Gasteiger partial charge is 0.0599 e. The van der Waals surface area contributed by atoms with Gasteiger partial charge in [-0.1, -0.05) is 27.7 Å². The molecule has 1 saturated carbocycles. The van der Waals surface area contributed by atoms with Gasteiger partial charge in [0.15, 0.2) is 0 Å². The molecule has 0 heterocycles. The van der Waals surface area contributed by atoms with Crippen molar-refractivity contribution in [2.45, 2.75) is 53.3 Å². The lowest BCUT2D eigenvalue weighted by atomic mass is 9.67. The minimum Gasteiger partial charge on any atom is -0.0599 e. The average molecular weight is 144 g/mol. The van der Waals surface area contributed by atoms with E-state index in [2.05, 4.69) is 0 Å². The fourth-order valence-corrected chi connectivity index (χ4v) is 1.09. The Morgan fingerprint density at radius 2 is 1.20 bits per heavy atom. The van der Waals surface area contributed by atoms with E-state index in [1.54, 1.807) is 0 Å². The van der Waals surface area contributed by atoms with Gasteiger partial charge in [0, 0.05) is 5.48 Å². The van der Waals surface area contributed by atoms with Crippen LogP contribution in [0.15, 0.2) is 0 Å². The van der Waals surface area contributed by atoms with Crippen LogP contribution in [-0.4, -0.2) is 0 Å². The molecule has 0 atom stereocenters. The van der Waals surface area contributed by atoms with Gasteiger partial charge in [-0.05, 0) is 36.4 Å². The lowest BCUT2D eigenvalue weighted by Gasteiger charge is -2.39. The van der Waals surface area contributed by atoms with Crippen LogP contribution in [0.2, 0.25) is 0 Å². The monoisotopic (exact) mass is 144 g/mol. The fourth-order valence-electron chi connectivity index (χ4n) is 1.09. The maximum atomic E-state index is 7.98. The van der Waals surface area contributed by atoms with E-state index in [1.807, 2.05) is 27.7 Å². The summed E-state index contributed by atoms with van der Waals surface area (Å²) in [4.78, 5) is 0. The smallest absolute Gasteiger partial charge is 0.0272 e. The Hall–Kier alpha value is 0. The Kier molecular flexibility index (Phi) is 0.930. The second kappa shape index (κ2) is 2.25. The molecule has 1 rings (SSSR count). The molecule has 0 aromatic heterocycles. The summed E-state index contributed by atoms with van der Waals surface area (Å²) in [7, 11) is 0. The zero-order valence-corrected chi connectivity index (χ0v) is 7.41. The maximum absolute atomic E-state index is 7.98. The Morgan fingerprint density at radius 1 is 0.900 bits per heavy atom. The molecule has 0 unspecified atom stereocenters. The van der Waals surface area contributed by atoms with Crippen molar-refractivity contribution in [3.63, 3.8) is 0 Å². The van der Waals surface area contributed by atoms with E-state index in [-0.39, 0.29) is 0 Å². The molecule has 0 amide bonds. The Bertz CT molecular complexity index is 215. The molecule has 0 aromatic carbocycles. The third-order valence-electron chi connectivity index (χ3n) is 2.11. The highest BCUT2D eigenvalue weighted by molar-refractivity contribution is 4.82. The minimum atomic E-state index is -1.76. The third-order valence-corrected chi connectivity index (χ3v) is 2.11. The van der Waals surface area contributed by atoms with Crippen LogP contribution < -0.4 is 0 Å². The van der Waals surface area contributed by atoms with E-state index in [0.717, 1.165) is 12.8 Å². The zero-order chi connectivity index (χ0) is 11.4. The molecule has 1 fully saturated rings. The normalized spacial score (nSPS) is 46.0. The molecule has 0 aromatic rings. The average Bonchev–Trinajstić information content (AvgIpc) is 1.98. The first-order chi connectivity index (χ1) is 5.96. The van der Waals surface area contributed by atoms with Crippen molar-refractivity contribution < 1.29 is 5.48 Å². The summed E-state index contributed by atoms with van der Waals surface area (Å²) in [5, 5.41) is 0. The molecule has 0 N–H and O–H groups in total. The summed E-state index contributed by atoms with van der Waals surface area (Å²) in [6.45, 7) is 7.28. The van der Waals surface area contributed by atoms with E-state index in [0.29, 0.717) is 0 Å². The van der Waals surface area contributed by atoms with E-state index in [1.165, 1.54) is 0 Å². The van der Waals surface area contributed by atoms with Crippen LogP contribution in [0, 0.1) is 10.8 Å². The summed E-state index contributed by atoms with van der Waals surface area (Å²) < 4.78 is 31.9. The first-order valence-electron chi connectivity index (χ1n) is 5.96. The molecule has 0 heteroatoms. The van der Waals surface area contributed by atoms with Crippen molar-refractivity contribution in [2.24, 2.45) is 10.8 Å². The quantitative estimate of drug-likeness (QED) is 0.487. The molecule has 0 nitrogen and oxygen atoms in total. The van der Waals surface area contributed by atoms with Gasteiger partial charge in [0.1, 0.15) is 0 Å². The second-order valence-corrected chi connectivity index (χ2v) is 4.52. The predicted octanol–water partition coefficient (Wildman–Crippen LogP) is 3.61. The van der Waals surface area contributed by atoms with Gasteiger partial charge in [0.25, 0.3) is 0 Å². The SMILES string of the molecule is [2H]C1([2H])C(C)(C)CCC(C)(C)C1([2H])[2H]. The van der Waals surface area contributed by atoms with Crippen molar-refractivity contribution in [3.05, 3.63) is 0 Å². The van der Waals surface area contributed by atoms with Crippen molar-refractivity contribution in [1.29, 1.82) is 0 Å². The second-order valence-electron chi connectivity index (χ2n) is 4.52. The van der Waals surface area contributed by atoms with Crippen LogP contribution in [-0.2, 0) is 0 Å². The molecule has 60 valence electrons. The van der Waals surface area contributed by atoms with Crippen molar-refractivity contribution in [1.82, 2.24) is 0 Å². The molecule has 10 heavy (non-hydrogen) atoms. The first-order valence-corrected chi connectivity index (χ1v) is 3.96. The fraction of sp³-hybridized carbons (Fsp3) is 1.00. The Morgan fingerprint density at radius 3 is 1.50 bits per heavy atom. The number of hydrogen-bond acceptors (Lipinski definition) is 0. The van der Waals surface area contributed by atoms with E-state index < -0.39 is 23.6 Å². The summed E-state index contributed by atoms with van der Waals surface area (Å²) in [5.41, 5.74) is -1.15. The standard InChI is InChI=1S/C10H20/c1-9(2)5-7-10(3,4)8-6-9/h5-8H2,1-4H3/i5D2,7D2. The van der Waals surface area contributed by atoms with E-state index in [9.17, 15) is 0 Å². The van der Waals surface area contributed by atoms with Crippen molar-refractivity contribution in [3.8, 4) is 0 Å². The lowest BCUT2D eigenvalue weighted by molar-refractivity contribution is 0.133. The van der Waals surface area contributed by atoms with Gasteiger partial charge in [-0.15, -0.1) is 0 Å². The van der Waals surface area contributed by atoms with Gasteiger partial charge >= 0.3 is 0 Å². The molecule has 0 aliphatic heterocycles. The third kappa shape index (κ3) is 2.00.